The third kappa shape index (κ3) is 8.28. The van der Waals surface area contributed by atoms with Crippen molar-refractivity contribution >= 4 is 29.3 Å². The van der Waals surface area contributed by atoms with Crippen LogP contribution in [0.15, 0.2) is 47.0 Å². The summed E-state index contributed by atoms with van der Waals surface area (Å²) in [5.74, 6) is -0.141. The van der Waals surface area contributed by atoms with Crippen LogP contribution in [0.2, 0.25) is 0 Å². The molecule has 0 unspecified atom stereocenters. The van der Waals surface area contributed by atoms with E-state index >= 15 is 0 Å². The highest BCUT2D eigenvalue weighted by Gasteiger charge is 2.21. The van der Waals surface area contributed by atoms with E-state index in [4.69, 9.17) is 9.47 Å². The molecule has 7 nitrogen and oxygen atoms in total. The number of methoxy groups -OCH3 is 1. The summed E-state index contributed by atoms with van der Waals surface area (Å²) in [7, 11) is 3.37. The van der Waals surface area contributed by atoms with Gasteiger partial charge >= 0.3 is 0 Å². The molecule has 2 rings (SSSR count). The number of nitrogens with zero attached hydrogens (tertiary/aromatic N) is 4. The molecule has 0 atom stereocenters. The van der Waals surface area contributed by atoms with E-state index < -0.39 is 0 Å². The first-order valence-corrected chi connectivity index (χ1v) is 12.0. The van der Waals surface area contributed by atoms with Crippen LogP contribution >= 0.6 is 11.3 Å². The summed E-state index contributed by atoms with van der Waals surface area (Å²) in [5, 5.41) is 9.39. The Kier molecular flexibility index (Phi) is 11.6. The third-order valence-electron chi connectivity index (χ3n) is 5.18. The first-order valence-electron chi connectivity index (χ1n) is 11.2. The Bertz CT molecular complexity index is 921. The van der Waals surface area contributed by atoms with Gasteiger partial charge in [0.2, 0.25) is 0 Å². The average Bonchev–Trinajstić information content (AvgIpc) is 3.24. The summed E-state index contributed by atoms with van der Waals surface area (Å²) in [6.45, 7) is 9.26. The van der Waals surface area contributed by atoms with Gasteiger partial charge in [-0.15, -0.1) is 11.3 Å². The zero-order valence-electron chi connectivity index (χ0n) is 19.9. The van der Waals surface area contributed by atoms with Gasteiger partial charge in [-0.05, 0) is 37.8 Å². The van der Waals surface area contributed by atoms with Gasteiger partial charge in [0.25, 0.3) is 5.91 Å². The van der Waals surface area contributed by atoms with Gasteiger partial charge in [0.1, 0.15) is 4.88 Å². The predicted molar refractivity (Wildman–Crippen MR) is 134 cm³/mol. The lowest BCUT2D eigenvalue weighted by molar-refractivity contribution is 0.0629. The first kappa shape index (κ1) is 26.5. The number of amides is 1. The summed E-state index contributed by atoms with van der Waals surface area (Å²) in [6.07, 6.45) is 10.6. The second kappa shape index (κ2) is 14.4. The van der Waals surface area contributed by atoms with Crippen LogP contribution in [-0.2, 0) is 16.1 Å². The summed E-state index contributed by atoms with van der Waals surface area (Å²) >= 11 is 1.39. The number of allylic oxidation sites excluding steroid dienone is 3. The van der Waals surface area contributed by atoms with E-state index in [1.165, 1.54) is 23.8 Å². The fraction of sp³-hybridized carbons (Fsp3) is 0.480. The molecule has 0 bridgehead atoms. The highest BCUT2D eigenvalue weighted by Crippen LogP contribution is 2.32. The highest BCUT2D eigenvalue weighted by atomic mass is 32.1. The van der Waals surface area contributed by atoms with Crippen molar-refractivity contribution < 1.29 is 14.3 Å². The number of likely N-dealkylation sites (tertiary alicyclic amines) is 1. The Hall–Kier alpha value is -2.73. The summed E-state index contributed by atoms with van der Waals surface area (Å²) in [6, 6.07) is 4.07. The number of thiophene rings is 1. The standard InChI is InChI=1S/C25H34N4O3S/c1-5-10-21(20(6-2)16-26)17-28(3)25(30)24-23(27-19-29-11-8-7-9-12-29)15-22(33-24)18-32-14-13-31-4/h5-6,10,15,19H,2,7-9,11-14,17-18H2,1,3-4H3/b10-5-,21-20-,27-19+. The molecule has 0 aliphatic carbocycles. The van der Waals surface area contributed by atoms with Gasteiger partial charge in [-0.3, -0.25) is 4.79 Å². The van der Waals surface area contributed by atoms with Crippen LogP contribution in [0.3, 0.4) is 0 Å². The van der Waals surface area contributed by atoms with Crippen molar-refractivity contribution in [1.29, 1.82) is 5.26 Å². The van der Waals surface area contributed by atoms with Crippen molar-refractivity contribution in [3.05, 3.63) is 51.8 Å². The number of nitriles is 1. The highest BCUT2D eigenvalue weighted by molar-refractivity contribution is 7.14. The van der Waals surface area contributed by atoms with E-state index in [0.29, 0.717) is 42.5 Å². The lowest BCUT2D eigenvalue weighted by Crippen LogP contribution is -2.29. The van der Waals surface area contributed by atoms with Gasteiger partial charge in [-0.25, -0.2) is 4.99 Å². The largest absolute Gasteiger partial charge is 0.382 e. The topological polar surface area (TPSA) is 78.2 Å². The van der Waals surface area contributed by atoms with E-state index in [9.17, 15) is 10.1 Å². The number of piperidine rings is 1. The van der Waals surface area contributed by atoms with Crippen molar-refractivity contribution in [3.8, 4) is 6.07 Å². The maximum absolute atomic E-state index is 13.4. The third-order valence-corrected chi connectivity index (χ3v) is 6.26. The van der Waals surface area contributed by atoms with Gasteiger partial charge in [-0.2, -0.15) is 5.26 Å². The lowest BCUT2D eigenvalue weighted by Gasteiger charge is -2.23. The molecule has 1 aromatic heterocycles. The van der Waals surface area contributed by atoms with Gasteiger partial charge in [0, 0.05) is 38.7 Å². The quantitative estimate of drug-likeness (QED) is 0.145. The van der Waals surface area contributed by atoms with E-state index in [-0.39, 0.29) is 5.91 Å². The zero-order chi connectivity index (χ0) is 24.1. The molecule has 0 spiro atoms. The molecule has 1 aliphatic heterocycles. The maximum atomic E-state index is 13.4. The summed E-state index contributed by atoms with van der Waals surface area (Å²) < 4.78 is 10.7. The summed E-state index contributed by atoms with van der Waals surface area (Å²) in [5.41, 5.74) is 1.84. The Morgan fingerprint density at radius 1 is 1.36 bits per heavy atom. The molecule has 1 aromatic rings. The number of ether oxygens (including phenoxy) is 2. The van der Waals surface area contributed by atoms with Crippen molar-refractivity contribution in [2.24, 2.45) is 4.99 Å². The molecule has 1 fully saturated rings. The molecular weight excluding hydrogens is 436 g/mol. The Balaban J connectivity index is 2.26. The summed E-state index contributed by atoms with van der Waals surface area (Å²) in [4.78, 5) is 23.4. The molecule has 0 N–H and O–H groups in total. The van der Waals surface area contributed by atoms with Crippen LogP contribution in [0.1, 0.15) is 40.7 Å². The molecule has 1 aliphatic rings. The van der Waals surface area contributed by atoms with Crippen LogP contribution in [0.25, 0.3) is 0 Å². The molecule has 0 aromatic carbocycles. The number of carbonyl (C=O) groups is 1. The molecule has 2 heterocycles. The molecule has 1 amide bonds. The Morgan fingerprint density at radius 3 is 2.76 bits per heavy atom. The fourth-order valence-corrected chi connectivity index (χ4v) is 4.46. The maximum Gasteiger partial charge on any atom is 0.266 e. The SMILES string of the molecule is C=C/C(C#N)=C(\C=C/C)CN(C)C(=O)c1sc(COCCOC)cc1/N=C/N1CCCCC1. The molecule has 1 saturated heterocycles. The average molecular weight is 471 g/mol. The van der Waals surface area contributed by atoms with Crippen LogP contribution in [-0.4, -0.2) is 69.1 Å². The Morgan fingerprint density at radius 2 is 2.12 bits per heavy atom. The second-order valence-electron chi connectivity index (χ2n) is 7.73. The minimum absolute atomic E-state index is 0.141. The Labute approximate surface area is 201 Å². The molecule has 8 heteroatoms. The van der Waals surface area contributed by atoms with Crippen molar-refractivity contribution in [3.63, 3.8) is 0 Å². The van der Waals surface area contributed by atoms with E-state index in [1.54, 1.807) is 19.1 Å². The van der Waals surface area contributed by atoms with E-state index in [0.717, 1.165) is 36.4 Å². The smallest absolute Gasteiger partial charge is 0.266 e. The van der Waals surface area contributed by atoms with Crippen molar-refractivity contribution in [1.82, 2.24) is 9.80 Å². The van der Waals surface area contributed by atoms with Gasteiger partial charge in [0.05, 0.1) is 43.5 Å². The number of aliphatic imine (C=N–C) groups is 1. The number of rotatable bonds is 12. The monoisotopic (exact) mass is 470 g/mol. The number of carbonyl (C=O) groups excluding carboxylic acids is 1. The molecule has 0 radical (unpaired) electrons. The van der Waals surface area contributed by atoms with Gasteiger partial charge < -0.3 is 19.3 Å². The predicted octanol–water partition coefficient (Wildman–Crippen LogP) is 4.71. The second-order valence-corrected chi connectivity index (χ2v) is 8.87. The molecule has 33 heavy (non-hydrogen) atoms. The number of hydrogen-bond donors (Lipinski definition) is 0. The zero-order valence-corrected chi connectivity index (χ0v) is 20.7. The fourth-order valence-electron chi connectivity index (χ4n) is 3.42. The molecule has 0 saturated carbocycles. The van der Waals surface area contributed by atoms with Crippen LogP contribution in [0, 0.1) is 11.3 Å². The van der Waals surface area contributed by atoms with E-state index in [2.05, 4.69) is 22.5 Å². The normalized spacial score (nSPS) is 15.0. The molecule has 178 valence electrons. The van der Waals surface area contributed by atoms with Gasteiger partial charge in [0.15, 0.2) is 0 Å². The minimum atomic E-state index is -0.141. The number of hydrogen-bond acceptors (Lipinski definition) is 6. The van der Waals surface area contributed by atoms with E-state index in [1.807, 2.05) is 31.5 Å². The molecular formula is C25H34N4O3S. The lowest BCUT2D eigenvalue weighted by atomic mass is 10.1. The van der Waals surface area contributed by atoms with Crippen LogP contribution < -0.4 is 0 Å². The van der Waals surface area contributed by atoms with Crippen LogP contribution in [0.5, 0.6) is 0 Å². The van der Waals surface area contributed by atoms with Crippen molar-refractivity contribution in [2.75, 3.05) is 47.0 Å². The van der Waals surface area contributed by atoms with Crippen molar-refractivity contribution in [2.45, 2.75) is 32.8 Å². The first-order chi connectivity index (χ1) is 16.0. The number of likely N-dealkylation sites (N-methyl/N-ethyl adjacent to an activating group) is 1. The van der Waals surface area contributed by atoms with Gasteiger partial charge in [-0.1, -0.05) is 24.8 Å². The van der Waals surface area contributed by atoms with Crippen LogP contribution in [0.4, 0.5) is 5.69 Å². The minimum Gasteiger partial charge on any atom is -0.382 e.